The molecule has 4 rings (SSSR count). The molecular weight excluding hydrogens is 550 g/mol. The number of carbonyl (C=O) groups excluding carboxylic acids is 2. The van der Waals surface area contributed by atoms with E-state index >= 15 is 0 Å². The summed E-state index contributed by atoms with van der Waals surface area (Å²) in [5.41, 5.74) is 1.50. The number of hydrogen-bond donors (Lipinski definition) is 1. The number of aryl methyl sites for hydroxylation is 2. The van der Waals surface area contributed by atoms with Gasteiger partial charge in [0.25, 0.3) is 5.91 Å². The fraction of sp³-hybridized carbons (Fsp3) is 0.444. The van der Waals surface area contributed by atoms with Gasteiger partial charge in [-0.3, -0.25) is 9.59 Å². The van der Waals surface area contributed by atoms with Crippen LogP contribution in [0.25, 0.3) is 0 Å². The third kappa shape index (κ3) is 7.61. The average molecular weight is 586 g/mol. The van der Waals surface area contributed by atoms with E-state index in [1.807, 2.05) is 45.0 Å². The number of piperazine rings is 1. The van der Waals surface area contributed by atoms with Crippen LogP contribution >= 0.6 is 23.1 Å². The lowest BCUT2D eigenvalue weighted by molar-refractivity contribution is -0.130. The summed E-state index contributed by atoms with van der Waals surface area (Å²) in [5, 5.41) is 3.94. The van der Waals surface area contributed by atoms with Gasteiger partial charge in [-0.1, -0.05) is 23.1 Å². The van der Waals surface area contributed by atoms with Crippen LogP contribution in [0.4, 0.5) is 10.9 Å². The maximum absolute atomic E-state index is 13.4. The topological polar surface area (TPSA) is 113 Å². The van der Waals surface area contributed by atoms with E-state index < -0.39 is 0 Å². The molecule has 1 N–H and O–H groups in total. The van der Waals surface area contributed by atoms with Gasteiger partial charge in [-0.2, -0.15) is 4.98 Å². The van der Waals surface area contributed by atoms with Crippen LogP contribution in [0.3, 0.4) is 0 Å². The molecule has 214 valence electrons. The highest BCUT2D eigenvalue weighted by atomic mass is 32.2. The number of amides is 2. The van der Waals surface area contributed by atoms with Crippen LogP contribution in [0.15, 0.2) is 33.5 Å². The van der Waals surface area contributed by atoms with Crippen molar-refractivity contribution in [2.24, 2.45) is 0 Å². The number of methoxy groups -OCH3 is 1. The largest absolute Gasteiger partial charge is 0.496 e. The van der Waals surface area contributed by atoms with Crippen LogP contribution in [-0.4, -0.2) is 102 Å². The van der Waals surface area contributed by atoms with Crippen molar-refractivity contribution >= 4 is 45.9 Å². The summed E-state index contributed by atoms with van der Waals surface area (Å²) in [6.07, 6.45) is 1.80. The van der Waals surface area contributed by atoms with Crippen molar-refractivity contribution < 1.29 is 19.1 Å². The summed E-state index contributed by atoms with van der Waals surface area (Å²) >= 11 is 3.03. The predicted octanol–water partition coefficient (Wildman–Crippen LogP) is 3.70. The lowest BCUT2D eigenvalue weighted by Crippen LogP contribution is -2.50. The summed E-state index contributed by atoms with van der Waals surface area (Å²) < 4.78 is 12.3. The summed E-state index contributed by atoms with van der Waals surface area (Å²) in [6.45, 7) is 8.73. The Hall–Kier alpha value is -3.42. The summed E-state index contributed by atoms with van der Waals surface area (Å²) in [5.74, 6) is 2.19. The highest BCUT2D eigenvalue weighted by Crippen LogP contribution is 2.39. The molecule has 1 aliphatic rings. The second-order valence-electron chi connectivity index (χ2n) is 9.62. The van der Waals surface area contributed by atoms with Crippen LogP contribution in [0.5, 0.6) is 11.6 Å². The monoisotopic (exact) mass is 585 g/mol. The molecule has 1 fully saturated rings. The quantitative estimate of drug-likeness (QED) is 0.378. The van der Waals surface area contributed by atoms with Gasteiger partial charge in [-0.25, -0.2) is 9.97 Å². The first kappa shape index (κ1) is 29.6. The van der Waals surface area contributed by atoms with Gasteiger partial charge in [-0.15, -0.1) is 0 Å². The number of aromatic nitrogens is 3. The fourth-order valence-electron chi connectivity index (χ4n) is 4.10. The van der Waals surface area contributed by atoms with Crippen molar-refractivity contribution in [3.8, 4) is 11.6 Å². The predicted molar refractivity (Wildman–Crippen MR) is 156 cm³/mol. The Morgan fingerprint density at radius 2 is 1.82 bits per heavy atom. The third-order valence-corrected chi connectivity index (χ3v) is 8.45. The highest BCUT2D eigenvalue weighted by molar-refractivity contribution is 8.01. The molecule has 0 unspecified atom stereocenters. The molecule has 0 bridgehead atoms. The second-order valence-corrected chi connectivity index (χ2v) is 12.0. The first-order chi connectivity index (χ1) is 19.1. The van der Waals surface area contributed by atoms with Gasteiger partial charge in [-0.05, 0) is 45.6 Å². The minimum Gasteiger partial charge on any atom is -0.496 e. The SMILES string of the molecule is COc1cc(C)c(Sc2cnc(Nc3cc(OCCN(C)C)nc(C)n3)s2)cc1C(=O)N1CCN(C(C)=O)CC1. The van der Waals surface area contributed by atoms with E-state index in [0.717, 1.165) is 21.2 Å². The molecule has 3 aromatic rings. The minimum absolute atomic E-state index is 0.0285. The fourth-order valence-corrected chi connectivity index (χ4v) is 6.04. The van der Waals surface area contributed by atoms with Gasteiger partial charge in [0.15, 0.2) is 5.13 Å². The Kier molecular flexibility index (Phi) is 9.82. The molecule has 13 heteroatoms. The lowest BCUT2D eigenvalue weighted by atomic mass is 10.1. The van der Waals surface area contributed by atoms with E-state index in [0.29, 0.717) is 66.8 Å². The second kappa shape index (κ2) is 13.3. The Labute approximate surface area is 242 Å². The van der Waals surface area contributed by atoms with E-state index in [2.05, 4.69) is 20.3 Å². The zero-order chi connectivity index (χ0) is 28.8. The number of nitrogens with zero attached hydrogens (tertiary/aromatic N) is 6. The average Bonchev–Trinajstić information content (AvgIpc) is 3.35. The van der Waals surface area contributed by atoms with Crippen molar-refractivity contribution in [2.75, 3.05) is 65.9 Å². The molecule has 40 heavy (non-hydrogen) atoms. The third-order valence-electron chi connectivity index (χ3n) is 6.27. The van der Waals surface area contributed by atoms with Gasteiger partial charge in [0.1, 0.15) is 24.0 Å². The van der Waals surface area contributed by atoms with Gasteiger partial charge < -0.3 is 29.5 Å². The Morgan fingerprint density at radius 3 is 2.50 bits per heavy atom. The van der Waals surface area contributed by atoms with Crippen LogP contribution in [0, 0.1) is 13.8 Å². The summed E-state index contributed by atoms with van der Waals surface area (Å²) in [6, 6.07) is 5.54. The van der Waals surface area contributed by atoms with Gasteiger partial charge in [0, 0.05) is 50.6 Å². The van der Waals surface area contributed by atoms with Crippen LogP contribution in [0.2, 0.25) is 0 Å². The molecule has 1 aromatic carbocycles. The molecule has 0 spiro atoms. The highest BCUT2D eigenvalue weighted by Gasteiger charge is 2.26. The molecule has 1 saturated heterocycles. The van der Waals surface area contributed by atoms with Crippen molar-refractivity contribution in [3.05, 3.63) is 41.3 Å². The first-order valence-corrected chi connectivity index (χ1v) is 14.5. The van der Waals surface area contributed by atoms with Gasteiger partial charge in [0.05, 0.1) is 23.1 Å². The number of hydrogen-bond acceptors (Lipinski definition) is 11. The number of rotatable bonds is 10. The molecule has 0 aliphatic carbocycles. The van der Waals surface area contributed by atoms with Crippen LogP contribution < -0.4 is 14.8 Å². The zero-order valence-corrected chi connectivity index (χ0v) is 25.3. The number of benzene rings is 1. The van der Waals surface area contributed by atoms with Gasteiger partial charge >= 0.3 is 0 Å². The molecule has 11 nitrogen and oxygen atoms in total. The molecule has 2 amide bonds. The van der Waals surface area contributed by atoms with Crippen molar-refractivity contribution in [2.45, 2.75) is 29.9 Å². The van der Waals surface area contributed by atoms with E-state index in [1.165, 1.54) is 11.3 Å². The smallest absolute Gasteiger partial charge is 0.257 e. The number of likely N-dealkylation sites (N-methyl/N-ethyl adjacent to an activating group) is 1. The van der Waals surface area contributed by atoms with Crippen LogP contribution in [0.1, 0.15) is 28.7 Å². The molecule has 0 radical (unpaired) electrons. The Morgan fingerprint density at radius 1 is 1.10 bits per heavy atom. The van der Waals surface area contributed by atoms with E-state index in [4.69, 9.17) is 9.47 Å². The molecule has 0 atom stereocenters. The Bertz CT molecular complexity index is 1360. The van der Waals surface area contributed by atoms with Gasteiger partial charge in [0.2, 0.25) is 11.8 Å². The number of carbonyl (C=O) groups is 2. The molecule has 3 heterocycles. The normalized spacial score (nSPS) is 13.5. The summed E-state index contributed by atoms with van der Waals surface area (Å²) in [7, 11) is 5.55. The molecule has 0 saturated carbocycles. The minimum atomic E-state index is -0.101. The molecule has 1 aliphatic heterocycles. The van der Waals surface area contributed by atoms with Crippen LogP contribution in [-0.2, 0) is 4.79 Å². The number of ether oxygens (including phenoxy) is 2. The Balaban J connectivity index is 1.46. The number of thiazole rings is 1. The first-order valence-electron chi connectivity index (χ1n) is 12.9. The van der Waals surface area contributed by atoms with E-state index in [-0.39, 0.29) is 11.8 Å². The number of anilines is 2. The lowest BCUT2D eigenvalue weighted by Gasteiger charge is -2.34. The van der Waals surface area contributed by atoms with Crippen molar-refractivity contribution in [1.82, 2.24) is 29.7 Å². The number of nitrogens with one attached hydrogen (secondary N) is 1. The van der Waals surface area contributed by atoms with E-state index in [1.54, 1.807) is 47.9 Å². The zero-order valence-electron chi connectivity index (χ0n) is 23.7. The van der Waals surface area contributed by atoms with E-state index in [9.17, 15) is 9.59 Å². The molecule has 2 aromatic heterocycles. The standard InChI is InChI=1S/C27H35N7O4S2/c1-17-13-21(37-6)20(26(36)34-9-7-33(8-10-34)19(3)35)14-22(17)39-25-16-28-27(40-25)31-23-15-24(30-18(2)29-23)38-12-11-32(4)5/h13-16H,7-12H2,1-6H3,(H,28,29,30,31). The summed E-state index contributed by atoms with van der Waals surface area (Å²) in [4.78, 5) is 44.9. The van der Waals surface area contributed by atoms with Crippen molar-refractivity contribution in [1.29, 1.82) is 0 Å². The maximum Gasteiger partial charge on any atom is 0.257 e. The molecular formula is C27H35N7O4S2. The van der Waals surface area contributed by atoms with Crippen molar-refractivity contribution in [3.63, 3.8) is 0 Å². The maximum atomic E-state index is 13.4.